The third kappa shape index (κ3) is 1.25. The van der Waals surface area contributed by atoms with Crippen LogP contribution in [0.4, 0.5) is 4.39 Å². The lowest BCUT2D eigenvalue weighted by Crippen LogP contribution is -1.78. The molecule has 0 radical (unpaired) electrons. The van der Waals surface area contributed by atoms with Crippen LogP contribution in [-0.4, -0.2) is 5.11 Å². The Kier molecular flexibility index (Phi) is 2.16. The lowest BCUT2D eigenvalue weighted by atomic mass is 10.3. The van der Waals surface area contributed by atoms with Crippen molar-refractivity contribution in [3.8, 4) is 5.75 Å². The molecular weight excluding hydrogens is 222 g/mol. The van der Waals surface area contributed by atoms with Crippen LogP contribution in [-0.2, 0) is 0 Å². The quantitative estimate of drug-likeness (QED) is 0.673. The highest BCUT2D eigenvalue weighted by Crippen LogP contribution is 2.30. The molecule has 0 spiro atoms. The van der Waals surface area contributed by atoms with Gasteiger partial charge in [-0.2, -0.15) is 0 Å². The summed E-state index contributed by atoms with van der Waals surface area (Å²) in [7, 11) is 0. The summed E-state index contributed by atoms with van der Waals surface area (Å²) in [5.41, 5.74) is 0. The lowest BCUT2D eigenvalue weighted by Gasteiger charge is -1.98. The van der Waals surface area contributed by atoms with Crippen LogP contribution in [0.1, 0.15) is 0 Å². The molecule has 0 heterocycles. The second kappa shape index (κ2) is 2.76. The van der Waals surface area contributed by atoms with Crippen molar-refractivity contribution in [2.45, 2.75) is 0 Å². The normalized spacial score (nSPS) is 9.90. The van der Waals surface area contributed by atoms with Crippen molar-refractivity contribution in [2.75, 3.05) is 0 Å². The molecule has 0 aliphatic heterocycles. The van der Waals surface area contributed by atoms with Gasteiger partial charge in [0.1, 0.15) is 0 Å². The Hall–Kier alpha value is -0.280. The van der Waals surface area contributed by atoms with Crippen LogP contribution in [0.2, 0.25) is 5.02 Å². The Bertz CT molecular complexity index is 237. The highest BCUT2D eigenvalue weighted by atomic mass is 79.9. The molecule has 1 aromatic rings. The fourth-order valence-electron chi connectivity index (χ4n) is 0.516. The van der Waals surface area contributed by atoms with Gasteiger partial charge in [0, 0.05) is 0 Å². The Morgan fingerprint density at radius 2 is 2.10 bits per heavy atom. The van der Waals surface area contributed by atoms with E-state index in [1.807, 2.05) is 0 Å². The molecular formula is C6H3BrClFO. The van der Waals surface area contributed by atoms with Gasteiger partial charge >= 0.3 is 0 Å². The minimum atomic E-state index is -0.795. The predicted molar refractivity (Wildman–Crippen MR) is 40.8 cm³/mol. The number of hydrogen-bond acceptors (Lipinski definition) is 1. The molecule has 1 N–H and O–H groups in total. The Labute approximate surface area is 70.6 Å². The van der Waals surface area contributed by atoms with Crippen LogP contribution < -0.4 is 0 Å². The van der Waals surface area contributed by atoms with E-state index in [4.69, 9.17) is 16.7 Å². The summed E-state index contributed by atoms with van der Waals surface area (Å²) in [5.74, 6) is -1.25. The van der Waals surface area contributed by atoms with Gasteiger partial charge in [-0.15, -0.1) is 0 Å². The second-order valence-corrected chi connectivity index (χ2v) is 2.95. The van der Waals surface area contributed by atoms with Crippen molar-refractivity contribution in [3.05, 3.63) is 27.4 Å². The summed E-state index contributed by atoms with van der Waals surface area (Å²) in [6.45, 7) is 0. The number of rotatable bonds is 0. The van der Waals surface area contributed by atoms with E-state index in [0.717, 1.165) is 0 Å². The van der Waals surface area contributed by atoms with E-state index in [9.17, 15) is 4.39 Å². The first-order valence-electron chi connectivity index (χ1n) is 2.45. The van der Waals surface area contributed by atoms with Crippen LogP contribution in [0, 0.1) is 5.82 Å². The maximum atomic E-state index is 12.6. The fraction of sp³-hybridized carbons (Fsp3) is 0. The zero-order valence-corrected chi connectivity index (χ0v) is 7.08. The topological polar surface area (TPSA) is 20.2 Å². The number of hydrogen-bond donors (Lipinski definition) is 1. The van der Waals surface area contributed by atoms with Crippen LogP contribution in [0.25, 0.3) is 0 Å². The summed E-state index contributed by atoms with van der Waals surface area (Å²) in [4.78, 5) is 0. The van der Waals surface area contributed by atoms with Crippen molar-refractivity contribution in [1.82, 2.24) is 0 Å². The summed E-state index contributed by atoms with van der Waals surface area (Å²) >= 11 is 8.26. The fourth-order valence-corrected chi connectivity index (χ4v) is 0.975. The smallest absolute Gasteiger partial charge is 0.184 e. The third-order valence-corrected chi connectivity index (χ3v) is 1.95. The van der Waals surface area contributed by atoms with E-state index in [-0.39, 0.29) is 5.02 Å². The van der Waals surface area contributed by atoms with E-state index in [1.54, 1.807) is 0 Å². The van der Waals surface area contributed by atoms with Gasteiger partial charge in [-0.3, -0.25) is 0 Å². The molecule has 0 aliphatic carbocycles. The monoisotopic (exact) mass is 224 g/mol. The molecule has 1 rings (SSSR count). The number of benzene rings is 1. The summed E-state index contributed by atoms with van der Waals surface area (Å²) < 4.78 is 12.9. The molecule has 0 atom stereocenters. The first-order chi connectivity index (χ1) is 4.63. The Morgan fingerprint density at radius 1 is 1.50 bits per heavy atom. The molecule has 0 amide bonds. The molecule has 0 fully saturated rings. The van der Waals surface area contributed by atoms with Crippen molar-refractivity contribution in [2.24, 2.45) is 0 Å². The van der Waals surface area contributed by atoms with Gasteiger partial charge in [-0.1, -0.05) is 11.6 Å². The molecule has 1 aromatic carbocycles. The summed E-state index contributed by atoms with van der Waals surface area (Å²) in [6, 6.07) is 2.83. The van der Waals surface area contributed by atoms with Crippen LogP contribution in [0.5, 0.6) is 5.75 Å². The zero-order chi connectivity index (χ0) is 7.72. The second-order valence-electron chi connectivity index (χ2n) is 1.69. The van der Waals surface area contributed by atoms with Gasteiger partial charge in [0.15, 0.2) is 11.6 Å². The standard InChI is InChI=1S/C6H3BrClFO/c7-3-1-2-4(8)5(9)6(3)10/h1-2,10H. The van der Waals surface area contributed by atoms with Gasteiger partial charge in [-0.25, -0.2) is 4.39 Å². The average molecular weight is 225 g/mol. The summed E-state index contributed by atoms with van der Waals surface area (Å²) in [5, 5.41) is 8.80. The maximum Gasteiger partial charge on any atom is 0.184 e. The highest BCUT2D eigenvalue weighted by molar-refractivity contribution is 9.10. The lowest BCUT2D eigenvalue weighted by molar-refractivity contribution is 0.429. The van der Waals surface area contributed by atoms with Gasteiger partial charge in [0.2, 0.25) is 0 Å². The van der Waals surface area contributed by atoms with Gasteiger partial charge in [-0.05, 0) is 28.1 Å². The van der Waals surface area contributed by atoms with Crippen LogP contribution >= 0.6 is 27.5 Å². The van der Waals surface area contributed by atoms with E-state index in [1.165, 1.54) is 12.1 Å². The van der Waals surface area contributed by atoms with Crippen molar-refractivity contribution in [3.63, 3.8) is 0 Å². The largest absolute Gasteiger partial charge is 0.504 e. The molecule has 0 aliphatic rings. The molecule has 54 valence electrons. The maximum absolute atomic E-state index is 12.6. The van der Waals surface area contributed by atoms with E-state index < -0.39 is 11.6 Å². The number of phenols is 1. The number of halogens is 3. The van der Waals surface area contributed by atoms with Crippen LogP contribution in [0.15, 0.2) is 16.6 Å². The molecule has 0 bridgehead atoms. The van der Waals surface area contributed by atoms with Gasteiger partial charge < -0.3 is 5.11 Å². The Morgan fingerprint density at radius 3 is 2.60 bits per heavy atom. The third-order valence-electron chi connectivity index (χ3n) is 1.02. The SMILES string of the molecule is Oc1c(Br)ccc(Cl)c1F. The molecule has 4 heteroatoms. The van der Waals surface area contributed by atoms with Crippen LogP contribution in [0.3, 0.4) is 0 Å². The van der Waals surface area contributed by atoms with Gasteiger partial charge in [0.05, 0.1) is 9.50 Å². The molecule has 1 nitrogen and oxygen atoms in total. The van der Waals surface area contributed by atoms with E-state index >= 15 is 0 Å². The molecule has 0 saturated heterocycles. The zero-order valence-electron chi connectivity index (χ0n) is 4.74. The van der Waals surface area contributed by atoms with Crippen molar-refractivity contribution in [1.29, 1.82) is 0 Å². The Balaban J connectivity index is 3.34. The number of phenolic OH excluding ortho intramolecular Hbond substituents is 1. The van der Waals surface area contributed by atoms with E-state index in [2.05, 4.69) is 15.9 Å². The minimum Gasteiger partial charge on any atom is -0.504 e. The van der Waals surface area contributed by atoms with E-state index in [0.29, 0.717) is 4.47 Å². The average Bonchev–Trinajstić information content (AvgIpc) is 1.93. The minimum absolute atomic E-state index is 0.0827. The summed E-state index contributed by atoms with van der Waals surface area (Å²) in [6.07, 6.45) is 0. The number of aromatic hydroxyl groups is 1. The van der Waals surface area contributed by atoms with Gasteiger partial charge in [0.25, 0.3) is 0 Å². The first-order valence-corrected chi connectivity index (χ1v) is 3.62. The van der Waals surface area contributed by atoms with Crippen molar-refractivity contribution < 1.29 is 9.50 Å². The highest BCUT2D eigenvalue weighted by Gasteiger charge is 2.07. The predicted octanol–water partition coefficient (Wildman–Crippen LogP) is 2.95. The first kappa shape index (κ1) is 7.82. The molecule has 0 saturated carbocycles. The molecule has 0 aromatic heterocycles. The molecule has 10 heavy (non-hydrogen) atoms. The van der Waals surface area contributed by atoms with Crippen molar-refractivity contribution >= 4 is 27.5 Å². The molecule has 0 unspecified atom stereocenters.